The average molecular weight is 391 g/mol. The predicted molar refractivity (Wildman–Crippen MR) is 87.2 cm³/mol. The summed E-state index contributed by atoms with van der Waals surface area (Å²) in [4.78, 5) is -0.120. The van der Waals surface area contributed by atoms with Gasteiger partial charge in [-0.25, -0.2) is 21.6 Å². The fraction of sp³-hybridized carbons (Fsp3) is 0.375. The molecule has 3 rings (SSSR count). The van der Waals surface area contributed by atoms with Crippen LogP contribution in [0.1, 0.15) is 17.7 Å². The summed E-state index contributed by atoms with van der Waals surface area (Å²) in [5.74, 6) is -4.93. The number of hydrogen-bond acceptors (Lipinski definition) is 4. The summed E-state index contributed by atoms with van der Waals surface area (Å²) in [6, 6.07) is 4.89. The average Bonchev–Trinajstić information content (AvgIpc) is 3.25. The Hall–Kier alpha value is -1.42. The molecule has 1 fully saturated rings. The minimum Gasteiger partial charge on any atom is -0.377 e. The largest absolute Gasteiger partial charge is 0.377 e. The van der Waals surface area contributed by atoms with Crippen LogP contribution in [0.25, 0.3) is 0 Å². The number of thiophene rings is 1. The van der Waals surface area contributed by atoms with E-state index in [1.54, 1.807) is 17.5 Å². The maximum atomic E-state index is 14.1. The van der Waals surface area contributed by atoms with E-state index in [0.717, 1.165) is 21.7 Å². The normalized spacial score (nSPS) is 18.2. The van der Waals surface area contributed by atoms with Crippen molar-refractivity contribution in [1.82, 2.24) is 4.31 Å². The molecule has 1 aliphatic heterocycles. The van der Waals surface area contributed by atoms with Crippen molar-refractivity contribution in [3.05, 3.63) is 52.0 Å². The van der Waals surface area contributed by atoms with Gasteiger partial charge in [0.05, 0.1) is 6.10 Å². The van der Waals surface area contributed by atoms with E-state index >= 15 is 0 Å². The first kappa shape index (κ1) is 18.4. The minimum atomic E-state index is -4.36. The van der Waals surface area contributed by atoms with Crippen molar-refractivity contribution in [3.63, 3.8) is 0 Å². The summed E-state index contributed by atoms with van der Waals surface area (Å²) in [5, 5.41) is 1.80. The molecule has 2 aromatic rings. The molecule has 0 amide bonds. The molecule has 2 heterocycles. The zero-order valence-electron chi connectivity index (χ0n) is 13.1. The Morgan fingerprint density at radius 3 is 2.64 bits per heavy atom. The Balaban J connectivity index is 1.96. The van der Waals surface area contributed by atoms with Gasteiger partial charge in [0, 0.05) is 24.6 Å². The highest BCUT2D eigenvalue weighted by molar-refractivity contribution is 7.89. The van der Waals surface area contributed by atoms with Crippen molar-refractivity contribution in [2.75, 3.05) is 13.2 Å². The van der Waals surface area contributed by atoms with E-state index in [-0.39, 0.29) is 19.2 Å². The summed E-state index contributed by atoms with van der Waals surface area (Å²) < 4.78 is 73.0. The molecule has 0 bridgehead atoms. The second-order valence-corrected chi connectivity index (χ2v) is 8.62. The molecule has 1 aromatic carbocycles. The van der Waals surface area contributed by atoms with Gasteiger partial charge < -0.3 is 4.74 Å². The van der Waals surface area contributed by atoms with Crippen LogP contribution in [-0.2, 0) is 21.3 Å². The highest BCUT2D eigenvalue weighted by atomic mass is 32.2. The van der Waals surface area contributed by atoms with Crippen molar-refractivity contribution in [3.8, 4) is 0 Å². The van der Waals surface area contributed by atoms with Crippen LogP contribution in [0.4, 0.5) is 13.2 Å². The molecule has 1 saturated heterocycles. The Bertz CT molecular complexity index is 835. The first-order valence-corrected chi connectivity index (χ1v) is 9.99. The number of nitrogens with zero attached hydrogens (tertiary/aromatic N) is 1. The molecule has 0 radical (unpaired) electrons. The van der Waals surface area contributed by atoms with Crippen LogP contribution >= 0.6 is 11.3 Å². The lowest BCUT2D eigenvalue weighted by Gasteiger charge is -2.24. The van der Waals surface area contributed by atoms with Gasteiger partial charge in [0.15, 0.2) is 17.5 Å². The van der Waals surface area contributed by atoms with E-state index in [4.69, 9.17) is 4.74 Å². The molecule has 9 heteroatoms. The van der Waals surface area contributed by atoms with Crippen LogP contribution in [0.3, 0.4) is 0 Å². The monoisotopic (exact) mass is 391 g/mol. The molecule has 0 unspecified atom stereocenters. The topological polar surface area (TPSA) is 46.6 Å². The lowest BCUT2D eigenvalue weighted by Crippen LogP contribution is -2.37. The van der Waals surface area contributed by atoms with Gasteiger partial charge in [-0.15, -0.1) is 11.3 Å². The van der Waals surface area contributed by atoms with Crippen LogP contribution in [0.15, 0.2) is 34.5 Å². The van der Waals surface area contributed by atoms with Gasteiger partial charge in [0.25, 0.3) is 0 Å². The van der Waals surface area contributed by atoms with Gasteiger partial charge in [-0.05, 0) is 36.4 Å². The fourth-order valence-electron chi connectivity index (χ4n) is 2.69. The Labute approximate surface area is 147 Å². The highest BCUT2D eigenvalue weighted by Crippen LogP contribution is 2.27. The predicted octanol–water partition coefficient (Wildman–Crippen LogP) is 3.54. The third-order valence-electron chi connectivity index (χ3n) is 3.96. The summed E-state index contributed by atoms with van der Waals surface area (Å²) in [7, 11) is -4.36. The third-order valence-corrected chi connectivity index (χ3v) is 6.65. The fourth-order valence-corrected chi connectivity index (χ4v) is 4.99. The SMILES string of the molecule is O=S(=O)(c1ccc(F)c(F)c1F)N(Cc1cccs1)C[C@H]1CCCO1. The smallest absolute Gasteiger partial charge is 0.246 e. The first-order chi connectivity index (χ1) is 11.9. The van der Waals surface area contributed by atoms with Gasteiger partial charge in [-0.1, -0.05) is 6.07 Å². The Kier molecular flexibility index (Phi) is 5.47. The molecule has 0 N–H and O–H groups in total. The molecule has 0 aliphatic carbocycles. The first-order valence-electron chi connectivity index (χ1n) is 7.67. The van der Waals surface area contributed by atoms with Gasteiger partial charge in [-0.2, -0.15) is 4.31 Å². The van der Waals surface area contributed by atoms with E-state index in [0.29, 0.717) is 19.1 Å². The quantitative estimate of drug-likeness (QED) is 0.708. The summed E-state index contributed by atoms with van der Waals surface area (Å²) >= 11 is 1.36. The maximum absolute atomic E-state index is 14.1. The van der Waals surface area contributed by atoms with Gasteiger partial charge in [0.2, 0.25) is 10.0 Å². The number of sulfonamides is 1. The van der Waals surface area contributed by atoms with Crippen LogP contribution in [0.2, 0.25) is 0 Å². The number of hydrogen-bond donors (Lipinski definition) is 0. The number of benzene rings is 1. The van der Waals surface area contributed by atoms with Crippen molar-refractivity contribution < 1.29 is 26.3 Å². The van der Waals surface area contributed by atoms with Crippen LogP contribution in [-0.4, -0.2) is 32.0 Å². The lowest BCUT2D eigenvalue weighted by molar-refractivity contribution is 0.0927. The second-order valence-electron chi connectivity index (χ2n) is 5.69. The number of ether oxygens (including phenoxy) is 1. The second kappa shape index (κ2) is 7.45. The summed E-state index contributed by atoms with van der Waals surface area (Å²) in [6.07, 6.45) is 1.21. The standard InChI is InChI=1S/C16H16F3NO3S2/c17-13-5-6-14(16(19)15(13)18)25(21,22)20(9-11-3-1-7-23-11)10-12-4-2-8-24-12/h2,4-6,8,11H,1,3,7,9-10H2/t11-/m1/s1. The van der Waals surface area contributed by atoms with E-state index < -0.39 is 32.4 Å². The van der Waals surface area contributed by atoms with E-state index in [1.165, 1.54) is 11.3 Å². The molecule has 136 valence electrons. The Morgan fingerprint density at radius 1 is 1.20 bits per heavy atom. The summed E-state index contributed by atoms with van der Waals surface area (Å²) in [6.45, 7) is 0.577. The van der Waals surface area contributed by atoms with Crippen molar-refractivity contribution >= 4 is 21.4 Å². The van der Waals surface area contributed by atoms with E-state index in [9.17, 15) is 21.6 Å². The number of rotatable bonds is 6. The third kappa shape index (κ3) is 3.89. The molecular weight excluding hydrogens is 375 g/mol. The van der Waals surface area contributed by atoms with Crippen LogP contribution in [0.5, 0.6) is 0 Å². The van der Waals surface area contributed by atoms with Crippen molar-refractivity contribution in [2.45, 2.75) is 30.4 Å². The van der Waals surface area contributed by atoms with Gasteiger partial charge in [-0.3, -0.25) is 0 Å². The highest BCUT2D eigenvalue weighted by Gasteiger charge is 2.33. The van der Waals surface area contributed by atoms with E-state index in [2.05, 4.69) is 0 Å². The number of halogens is 3. The van der Waals surface area contributed by atoms with Crippen molar-refractivity contribution in [1.29, 1.82) is 0 Å². The molecule has 4 nitrogen and oxygen atoms in total. The molecule has 1 aliphatic rings. The lowest BCUT2D eigenvalue weighted by atomic mass is 10.2. The van der Waals surface area contributed by atoms with E-state index in [1.807, 2.05) is 0 Å². The van der Waals surface area contributed by atoms with Gasteiger partial charge in [0.1, 0.15) is 4.90 Å². The zero-order valence-corrected chi connectivity index (χ0v) is 14.8. The molecule has 1 atom stereocenters. The molecule has 0 saturated carbocycles. The molecule has 0 spiro atoms. The molecule has 25 heavy (non-hydrogen) atoms. The molecule has 1 aromatic heterocycles. The minimum absolute atomic E-state index is 0.0122. The van der Waals surface area contributed by atoms with Crippen molar-refractivity contribution in [2.24, 2.45) is 0 Å². The van der Waals surface area contributed by atoms with Crippen LogP contribution in [0, 0.1) is 17.5 Å². The van der Waals surface area contributed by atoms with Crippen LogP contribution < -0.4 is 0 Å². The molecular formula is C16H16F3NO3S2. The zero-order chi connectivity index (χ0) is 18.0. The van der Waals surface area contributed by atoms with Gasteiger partial charge >= 0.3 is 0 Å². The Morgan fingerprint density at radius 2 is 2.00 bits per heavy atom. The summed E-state index contributed by atoms with van der Waals surface area (Å²) in [5.41, 5.74) is 0. The maximum Gasteiger partial charge on any atom is 0.246 e.